The predicted octanol–water partition coefficient (Wildman–Crippen LogP) is 3.93. The first kappa shape index (κ1) is 14.6. The molecule has 0 saturated carbocycles. The van der Waals surface area contributed by atoms with Gasteiger partial charge in [0.1, 0.15) is 29.9 Å². The van der Waals surface area contributed by atoms with Crippen LogP contribution in [-0.4, -0.2) is 11.1 Å². The molecule has 0 aliphatic carbocycles. The average Bonchev–Trinajstić information content (AvgIpc) is 2.89. The van der Waals surface area contributed by atoms with E-state index in [4.69, 9.17) is 4.74 Å². The molecule has 2 N–H and O–H groups in total. The first-order chi connectivity index (χ1) is 11.2. The Morgan fingerprint density at radius 1 is 1.26 bits per heavy atom. The summed E-state index contributed by atoms with van der Waals surface area (Å²) in [5.41, 5.74) is 1.51. The SMILES string of the molecule is N#Cc1c(NC(=O)OCc2ccccc2)[nH]c2cc(F)ccc12. The van der Waals surface area contributed by atoms with Crippen LogP contribution in [-0.2, 0) is 11.3 Å². The van der Waals surface area contributed by atoms with Crippen molar-refractivity contribution in [1.29, 1.82) is 5.26 Å². The maximum Gasteiger partial charge on any atom is 0.413 e. The molecule has 3 aromatic rings. The van der Waals surface area contributed by atoms with Gasteiger partial charge in [0, 0.05) is 5.39 Å². The summed E-state index contributed by atoms with van der Waals surface area (Å²) in [6.45, 7) is 0.115. The molecule has 23 heavy (non-hydrogen) atoms. The van der Waals surface area contributed by atoms with Gasteiger partial charge in [-0.2, -0.15) is 5.26 Å². The average molecular weight is 309 g/mol. The topological polar surface area (TPSA) is 77.9 Å². The van der Waals surface area contributed by atoms with E-state index in [0.717, 1.165) is 5.56 Å². The molecule has 0 unspecified atom stereocenters. The Labute approximate surface area is 131 Å². The summed E-state index contributed by atoms with van der Waals surface area (Å²) in [6, 6.07) is 15.2. The number of amides is 1. The van der Waals surface area contributed by atoms with E-state index < -0.39 is 11.9 Å². The van der Waals surface area contributed by atoms with E-state index in [1.807, 2.05) is 36.4 Å². The summed E-state index contributed by atoms with van der Waals surface area (Å²) in [6.07, 6.45) is -0.697. The van der Waals surface area contributed by atoms with Crippen LogP contribution in [0, 0.1) is 17.1 Å². The van der Waals surface area contributed by atoms with Crippen molar-refractivity contribution in [2.24, 2.45) is 0 Å². The quantitative estimate of drug-likeness (QED) is 0.769. The number of rotatable bonds is 3. The van der Waals surface area contributed by atoms with Gasteiger partial charge < -0.3 is 9.72 Å². The molecular formula is C17H12FN3O2. The van der Waals surface area contributed by atoms with E-state index in [2.05, 4.69) is 10.3 Å². The standard InChI is InChI=1S/C17H12FN3O2/c18-12-6-7-13-14(9-19)16(20-15(13)8-12)21-17(22)23-10-11-4-2-1-3-5-11/h1-8,20H,10H2,(H,21,22). The van der Waals surface area contributed by atoms with Crippen LogP contribution >= 0.6 is 0 Å². The highest BCUT2D eigenvalue weighted by Gasteiger charge is 2.14. The Balaban J connectivity index is 1.76. The van der Waals surface area contributed by atoms with Crippen molar-refractivity contribution in [3.63, 3.8) is 0 Å². The second kappa shape index (κ2) is 6.20. The molecule has 6 heteroatoms. The van der Waals surface area contributed by atoms with Gasteiger partial charge in [0.2, 0.25) is 0 Å². The lowest BCUT2D eigenvalue weighted by Crippen LogP contribution is -2.14. The van der Waals surface area contributed by atoms with Crippen molar-refractivity contribution in [2.45, 2.75) is 6.61 Å². The lowest BCUT2D eigenvalue weighted by Gasteiger charge is -2.06. The van der Waals surface area contributed by atoms with E-state index in [0.29, 0.717) is 10.9 Å². The van der Waals surface area contributed by atoms with E-state index in [1.54, 1.807) is 0 Å². The maximum absolute atomic E-state index is 13.2. The number of benzene rings is 2. The van der Waals surface area contributed by atoms with Gasteiger partial charge in [-0.15, -0.1) is 0 Å². The summed E-state index contributed by atoms with van der Waals surface area (Å²) in [5, 5.41) is 12.3. The monoisotopic (exact) mass is 309 g/mol. The molecule has 0 atom stereocenters. The molecule has 0 aliphatic rings. The fraction of sp³-hybridized carbons (Fsp3) is 0.0588. The van der Waals surface area contributed by atoms with Gasteiger partial charge in [-0.3, -0.25) is 5.32 Å². The van der Waals surface area contributed by atoms with E-state index in [1.165, 1.54) is 18.2 Å². The molecule has 0 aliphatic heterocycles. The van der Waals surface area contributed by atoms with Crippen LogP contribution in [0.1, 0.15) is 11.1 Å². The summed E-state index contributed by atoms with van der Waals surface area (Å²) >= 11 is 0. The zero-order valence-electron chi connectivity index (χ0n) is 12.0. The Morgan fingerprint density at radius 3 is 2.78 bits per heavy atom. The van der Waals surface area contributed by atoms with Crippen LogP contribution in [0.15, 0.2) is 48.5 Å². The zero-order valence-corrected chi connectivity index (χ0v) is 12.0. The number of nitrogens with zero attached hydrogens (tertiary/aromatic N) is 1. The maximum atomic E-state index is 13.2. The Kier molecular flexibility index (Phi) is 3.93. The van der Waals surface area contributed by atoms with E-state index in [-0.39, 0.29) is 18.0 Å². The van der Waals surface area contributed by atoms with Crippen LogP contribution < -0.4 is 5.32 Å². The third kappa shape index (κ3) is 3.14. The normalized spacial score (nSPS) is 10.3. The fourth-order valence-corrected chi connectivity index (χ4v) is 2.24. The van der Waals surface area contributed by atoms with Crippen molar-refractivity contribution in [3.05, 3.63) is 65.5 Å². The van der Waals surface area contributed by atoms with Gasteiger partial charge in [-0.05, 0) is 23.8 Å². The lowest BCUT2D eigenvalue weighted by atomic mass is 10.2. The number of H-pyrrole nitrogens is 1. The Hall–Kier alpha value is -3.33. The van der Waals surface area contributed by atoms with Crippen LogP contribution in [0.5, 0.6) is 0 Å². The highest BCUT2D eigenvalue weighted by molar-refractivity contribution is 5.96. The summed E-state index contributed by atoms with van der Waals surface area (Å²) in [5.74, 6) is -0.243. The second-order valence-electron chi connectivity index (χ2n) is 4.86. The molecular weight excluding hydrogens is 297 g/mol. The van der Waals surface area contributed by atoms with Gasteiger partial charge >= 0.3 is 6.09 Å². The molecule has 1 amide bonds. The number of carbonyl (C=O) groups excluding carboxylic acids is 1. The number of ether oxygens (including phenoxy) is 1. The summed E-state index contributed by atoms with van der Waals surface area (Å²) < 4.78 is 18.3. The number of nitriles is 1. The lowest BCUT2D eigenvalue weighted by molar-refractivity contribution is 0.155. The predicted molar refractivity (Wildman–Crippen MR) is 83.2 cm³/mol. The minimum atomic E-state index is -0.697. The largest absolute Gasteiger partial charge is 0.444 e. The number of carbonyl (C=O) groups is 1. The summed E-state index contributed by atoms with van der Waals surface area (Å²) in [4.78, 5) is 14.7. The smallest absolute Gasteiger partial charge is 0.413 e. The molecule has 3 rings (SSSR count). The molecule has 2 aromatic carbocycles. The first-order valence-electron chi connectivity index (χ1n) is 6.86. The molecule has 0 spiro atoms. The number of aromatic nitrogens is 1. The van der Waals surface area contributed by atoms with Crippen molar-refractivity contribution < 1.29 is 13.9 Å². The Morgan fingerprint density at radius 2 is 2.04 bits per heavy atom. The molecule has 0 radical (unpaired) electrons. The highest BCUT2D eigenvalue weighted by atomic mass is 19.1. The summed E-state index contributed by atoms with van der Waals surface area (Å²) in [7, 11) is 0. The number of fused-ring (bicyclic) bond motifs is 1. The number of hydrogen-bond donors (Lipinski definition) is 2. The molecule has 1 aromatic heterocycles. The van der Waals surface area contributed by atoms with Crippen LogP contribution in [0.3, 0.4) is 0 Å². The number of nitrogens with one attached hydrogen (secondary N) is 2. The van der Waals surface area contributed by atoms with Gasteiger partial charge in [0.15, 0.2) is 0 Å². The van der Waals surface area contributed by atoms with Crippen molar-refractivity contribution >= 4 is 22.8 Å². The van der Waals surface area contributed by atoms with Crippen LogP contribution in [0.25, 0.3) is 10.9 Å². The third-order valence-electron chi connectivity index (χ3n) is 3.31. The van der Waals surface area contributed by atoms with E-state index in [9.17, 15) is 14.4 Å². The first-order valence-corrected chi connectivity index (χ1v) is 6.86. The minimum absolute atomic E-state index is 0.115. The number of hydrogen-bond acceptors (Lipinski definition) is 3. The molecule has 5 nitrogen and oxygen atoms in total. The van der Waals surface area contributed by atoms with Gasteiger partial charge in [0.25, 0.3) is 0 Å². The Bertz CT molecular complexity index is 897. The minimum Gasteiger partial charge on any atom is -0.444 e. The zero-order chi connectivity index (χ0) is 16.2. The van der Waals surface area contributed by atoms with Crippen molar-refractivity contribution in [2.75, 3.05) is 5.32 Å². The van der Waals surface area contributed by atoms with Crippen LogP contribution in [0.4, 0.5) is 15.0 Å². The van der Waals surface area contributed by atoms with Crippen LogP contribution in [0.2, 0.25) is 0 Å². The second-order valence-corrected chi connectivity index (χ2v) is 4.86. The van der Waals surface area contributed by atoms with E-state index >= 15 is 0 Å². The van der Waals surface area contributed by atoms with Crippen molar-refractivity contribution in [3.8, 4) is 6.07 Å². The third-order valence-corrected chi connectivity index (χ3v) is 3.31. The molecule has 114 valence electrons. The molecule has 0 saturated heterocycles. The fourth-order valence-electron chi connectivity index (χ4n) is 2.24. The van der Waals surface area contributed by atoms with Gasteiger partial charge in [-0.25, -0.2) is 9.18 Å². The molecule has 0 bridgehead atoms. The van der Waals surface area contributed by atoms with Gasteiger partial charge in [0.05, 0.1) is 5.52 Å². The van der Waals surface area contributed by atoms with Crippen molar-refractivity contribution in [1.82, 2.24) is 4.98 Å². The van der Waals surface area contributed by atoms with Gasteiger partial charge in [-0.1, -0.05) is 30.3 Å². The number of aromatic amines is 1. The highest BCUT2D eigenvalue weighted by Crippen LogP contribution is 2.26. The molecule has 0 fully saturated rings. The molecule has 1 heterocycles. The number of anilines is 1. The number of halogens is 1.